The molecule has 20 heavy (non-hydrogen) atoms. The number of hydrogen-bond donors (Lipinski definition) is 2. The first-order valence-corrected chi connectivity index (χ1v) is 7.20. The van der Waals surface area contributed by atoms with E-state index >= 15 is 0 Å². The van der Waals surface area contributed by atoms with Crippen molar-refractivity contribution in [1.82, 2.24) is 5.32 Å². The third kappa shape index (κ3) is 3.72. The molecular weight excluding hydrogens is 252 g/mol. The lowest BCUT2D eigenvalue weighted by Crippen LogP contribution is -2.33. The fourth-order valence-electron chi connectivity index (χ4n) is 2.77. The van der Waals surface area contributed by atoms with Crippen molar-refractivity contribution in [3.63, 3.8) is 0 Å². The Kier molecular flexibility index (Phi) is 5.40. The van der Waals surface area contributed by atoms with Gasteiger partial charge in [-0.1, -0.05) is 18.9 Å². The van der Waals surface area contributed by atoms with Crippen LogP contribution in [0, 0.1) is 17.2 Å². The first kappa shape index (κ1) is 14.8. The second-order valence-electron chi connectivity index (χ2n) is 5.39. The molecule has 0 amide bonds. The molecule has 0 aliphatic heterocycles. The number of aliphatic hydroxyl groups excluding tert-OH is 1. The van der Waals surface area contributed by atoms with Crippen LogP contribution >= 0.6 is 0 Å². The first-order chi connectivity index (χ1) is 9.74. The average Bonchev–Trinajstić information content (AvgIpc) is 2.49. The summed E-state index contributed by atoms with van der Waals surface area (Å²) in [5.41, 5.74) is 1.64. The van der Waals surface area contributed by atoms with E-state index in [2.05, 4.69) is 11.4 Å². The first-order valence-electron chi connectivity index (χ1n) is 7.20. The highest BCUT2D eigenvalue weighted by molar-refractivity contribution is 5.45. The van der Waals surface area contributed by atoms with Gasteiger partial charge >= 0.3 is 0 Å². The van der Waals surface area contributed by atoms with Crippen molar-refractivity contribution >= 4 is 0 Å². The molecule has 0 saturated heterocycles. The molecule has 0 heterocycles. The largest absolute Gasteiger partial charge is 0.495 e. The number of aliphatic hydroxyl groups is 1. The number of rotatable bonds is 5. The van der Waals surface area contributed by atoms with Crippen LogP contribution < -0.4 is 10.1 Å². The van der Waals surface area contributed by atoms with E-state index in [-0.39, 0.29) is 6.10 Å². The highest BCUT2D eigenvalue weighted by Gasteiger charge is 2.22. The average molecular weight is 274 g/mol. The van der Waals surface area contributed by atoms with Crippen molar-refractivity contribution in [2.24, 2.45) is 5.92 Å². The van der Waals surface area contributed by atoms with Crippen LogP contribution in [0.5, 0.6) is 5.75 Å². The van der Waals surface area contributed by atoms with Crippen molar-refractivity contribution in [3.05, 3.63) is 29.3 Å². The number of nitrogens with one attached hydrogen (secondary N) is 1. The molecule has 1 saturated carbocycles. The summed E-state index contributed by atoms with van der Waals surface area (Å²) in [6.07, 6.45) is 4.23. The fraction of sp³-hybridized carbons (Fsp3) is 0.562. The highest BCUT2D eigenvalue weighted by Crippen LogP contribution is 2.24. The van der Waals surface area contributed by atoms with Gasteiger partial charge in [0.1, 0.15) is 11.8 Å². The molecule has 1 aromatic rings. The zero-order valence-electron chi connectivity index (χ0n) is 11.9. The summed E-state index contributed by atoms with van der Waals surface area (Å²) in [4.78, 5) is 0. The lowest BCUT2D eigenvalue weighted by molar-refractivity contribution is 0.0695. The van der Waals surface area contributed by atoms with Gasteiger partial charge in [0.05, 0.1) is 18.8 Å². The van der Waals surface area contributed by atoms with Crippen LogP contribution in [0.2, 0.25) is 0 Å². The molecule has 0 radical (unpaired) electrons. The molecule has 0 bridgehead atoms. The van der Waals surface area contributed by atoms with Gasteiger partial charge in [0.15, 0.2) is 0 Å². The minimum absolute atomic E-state index is 0.160. The summed E-state index contributed by atoms with van der Waals surface area (Å²) in [7, 11) is 1.58. The normalized spacial score (nSPS) is 22.2. The van der Waals surface area contributed by atoms with Crippen LogP contribution in [0.15, 0.2) is 18.2 Å². The third-order valence-corrected chi connectivity index (χ3v) is 3.99. The summed E-state index contributed by atoms with van der Waals surface area (Å²) < 4.78 is 5.20. The quantitative estimate of drug-likeness (QED) is 0.864. The van der Waals surface area contributed by atoms with E-state index < -0.39 is 0 Å². The van der Waals surface area contributed by atoms with Gasteiger partial charge in [-0.05, 0) is 36.5 Å². The SMILES string of the molecule is COc1cc(CNCC2CCCCC2O)ccc1C#N. The summed E-state index contributed by atoms with van der Waals surface area (Å²) in [6.45, 7) is 1.56. The van der Waals surface area contributed by atoms with Crippen LogP contribution in [0.25, 0.3) is 0 Å². The van der Waals surface area contributed by atoms with Crippen LogP contribution in [-0.2, 0) is 6.54 Å². The molecule has 1 aromatic carbocycles. The van der Waals surface area contributed by atoms with Crippen LogP contribution in [0.1, 0.15) is 36.8 Å². The van der Waals surface area contributed by atoms with E-state index in [1.54, 1.807) is 13.2 Å². The van der Waals surface area contributed by atoms with Crippen LogP contribution in [0.3, 0.4) is 0 Å². The number of nitriles is 1. The molecule has 108 valence electrons. The molecule has 1 aliphatic rings. The lowest BCUT2D eigenvalue weighted by Gasteiger charge is -2.27. The van der Waals surface area contributed by atoms with E-state index in [9.17, 15) is 5.11 Å². The molecular formula is C16H22N2O2. The Labute approximate surface area is 120 Å². The van der Waals surface area contributed by atoms with Gasteiger partial charge in [0.25, 0.3) is 0 Å². The Morgan fingerprint density at radius 2 is 2.20 bits per heavy atom. The molecule has 2 N–H and O–H groups in total. The third-order valence-electron chi connectivity index (χ3n) is 3.99. The minimum atomic E-state index is -0.160. The van der Waals surface area contributed by atoms with Crippen molar-refractivity contribution in [1.29, 1.82) is 5.26 Å². The second kappa shape index (κ2) is 7.28. The van der Waals surface area contributed by atoms with Gasteiger partial charge in [0, 0.05) is 13.1 Å². The smallest absolute Gasteiger partial charge is 0.136 e. The van der Waals surface area contributed by atoms with Gasteiger partial charge in [0.2, 0.25) is 0 Å². The van der Waals surface area contributed by atoms with Gasteiger partial charge in [-0.3, -0.25) is 0 Å². The zero-order valence-corrected chi connectivity index (χ0v) is 11.9. The Hall–Kier alpha value is -1.57. The molecule has 1 fully saturated rings. The van der Waals surface area contributed by atoms with E-state index in [4.69, 9.17) is 10.00 Å². The molecule has 0 aromatic heterocycles. The number of methoxy groups -OCH3 is 1. The number of benzene rings is 1. The predicted molar refractivity (Wildman–Crippen MR) is 77.4 cm³/mol. The number of hydrogen-bond acceptors (Lipinski definition) is 4. The topological polar surface area (TPSA) is 65.3 Å². The number of ether oxygens (including phenoxy) is 1. The van der Waals surface area contributed by atoms with Gasteiger partial charge in [-0.15, -0.1) is 0 Å². The predicted octanol–water partition coefficient (Wildman–Crippen LogP) is 2.21. The standard InChI is InChI=1S/C16H22N2O2/c1-20-16-8-12(6-7-13(16)9-17)10-18-11-14-4-2-3-5-15(14)19/h6-8,14-15,18-19H,2-5,10-11H2,1H3. The van der Waals surface area contributed by atoms with E-state index in [1.807, 2.05) is 12.1 Å². The molecule has 4 heteroatoms. The summed E-state index contributed by atoms with van der Waals surface area (Å²) in [5.74, 6) is 0.980. The number of nitrogens with zero attached hydrogens (tertiary/aromatic N) is 1. The van der Waals surface area contributed by atoms with E-state index in [1.165, 1.54) is 6.42 Å². The minimum Gasteiger partial charge on any atom is -0.495 e. The van der Waals surface area contributed by atoms with Crippen LogP contribution in [0.4, 0.5) is 0 Å². The maximum atomic E-state index is 9.92. The second-order valence-corrected chi connectivity index (χ2v) is 5.39. The molecule has 2 atom stereocenters. The molecule has 2 unspecified atom stereocenters. The van der Waals surface area contributed by atoms with Crippen molar-refractivity contribution in [3.8, 4) is 11.8 Å². The zero-order chi connectivity index (χ0) is 14.4. The maximum Gasteiger partial charge on any atom is 0.136 e. The summed E-state index contributed by atoms with van der Waals surface area (Å²) in [6, 6.07) is 7.72. The Morgan fingerprint density at radius 3 is 2.90 bits per heavy atom. The Bertz CT molecular complexity index is 482. The molecule has 0 spiro atoms. The lowest BCUT2D eigenvalue weighted by atomic mass is 9.86. The molecule has 2 rings (SSSR count). The highest BCUT2D eigenvalue weighted by atomic mass is 16.5. The van der Waals surface area contributed by atoms with E-state index in [0.717, 1.165) is 37.9 Å². The van der Waals surface area contributed by atoms with Gasteiger partial charge < -0.3 is 15.2 Å². The van der Waals surface area contributed by atoms with Gasteiger partial charge in [-0.25, -0.2) is 0 Å². The Balaban J connectivity index is 1.86. The van der Waals surface area contributed by atoms with E-state index in [0.29, 0.717) is 17.2 Å². The van der Waals surface area contributed by atoms with Crippen LogP contribution in [-0.4, -0.2) is 24.9 Å². The maximum absolute atomic E-state index is 9.92. The summed E-state index contributed by atoms with van der Waals surface area (Å²) >= 11 is 0. The van der Waals surface area contributed by atoms with Crippen molar-refractivity contribution in [2.75, 3.05) is 13.7 Å². The molecule has 4 nitrogen and oxygen atoms in total. The Morgan fingerprint density at radius 1 is 1.40 bits per heavy atom. The summed E-state index contributed by atoms with van der Waals surface area (Å²) in [5, 5.41) is 22.3. The van der Waals surface area contributed by atoms with Crippen molar-refractivity contribution in [2.45, 2.75) is 38.3 Å². The fourth-order valence-corrected chi connectivity index (χ4v) is 2.77. The monoisotopic (exact) mass is 274 g/mol. The van der Waals surface area contributed by atoms with Gasteiger partial charge in [-0.2, -0.15) is 5.26 Å². The van der Waals surface area contributed by atoms with Crippen molar-refractivity contribution < 1.29 is 9.84 Å². The molecule has 1 aliphatic carbocycles.